The number of benzene rings is 1. The first-order valence-electron chi connectivity index (χ1n) is 6.05. The molecule has 2 aliphatic rings. The Balaban J connectivity index is 1.74. The number of nitrogens with zero attached hydrogens (tertiary/aromatic N) is 1. The molecule has 2 amide bonds. The summed E-state index contributed by atoms with van der Waals surface area (Å²) in [6, 6.07) is 2.62. The molecule has 0 aromatic heterocycles. The van der Waals surface area contributed by atoms with Crippen molar-refractivity contribution in [3.8, 4) is 0 Å². The number of carbonyl (C=O) groups is 2. The molecule has 1 aliphatic carbocycles. The van der Waals surface area contributed by atoms with Crippen LogP contribution in [0.25, 0.3) is 0 Å². The van der Waals surface area contributed by atoms with Crippen molar-refractivity contribution in [2.45, 2.75) is 12.5 Å². The Morgan fingerprint density at radius 1 is 1.21 bits per heavy atom. The molecule has 1 aliphatic heterocycles. The fourth-order valence-corrected chi connectivity index (χ4v) is 2.47. The minimum absolute atomic E-state index is 0.00966. The first-order chi connectivity index (χ1) is 8.99. The topological polar surface area (TPSA) is 63.4 Å². The number of likely N-dealkylation sites (tertiary alicyclic amines) is 1. The number of amides is 2. The zero-order chi connectivity index (χ0) is 13.7. The predicted octanol–water partition coefficient (Wildman–Crippen LogP) is 0.970. The highest BCUT2D eigenvalue weighted by Gasteiger charge is 2.58. The summed E-state index contributed by atoms with van der Waals surface area (Å²) in [5, 5.41) is 0. The molecule has 3 atom stereocenters. The summed E-state index contributed by atoms with van der Waals surface area (Å²) in [5.41, 5.74) is 6.20. The molecule has 1 aromatic carbocycles. The molecule has 1 heterocycles. The Labute approximate surface area is 108 Å². The molecule has 0 bridgehead atoms. The van der Waals surface area contributed by atoms with E-state index in [4.69, 9.17) is 5.73 Å². The number of imide groups is 1. The van der Waals surface area contributed by atoms with E-state index in [0.29, 0.717) is 12.0 Å². The Morgan fingerprint density at radius 3 is 2.42 bits per heavy atom. The van der Waals surface area contributed by atoms with Gasteiger partial charge in [-0.2, -0.15) is 0 Å². The fraction of sp³-hybridized carbons (Fsp3) is 0.385. The first kappa shape index (κ1) is 12.2. The maximum atomic E-state index is 13.1. The van der Waals surface area contributed by atoms with Crippen LogP contribution >= 0.6 is 0 Å². The van der Waals surface area contributed by atoms with E-state index in [9.17, 15) is 18.4 Å². The molecule has 2 N–H and O–H groups in total. The summed E-state index contributed by atoms with van der Waals surface area (Å²) in [5.74, 6) is -2.70. The van der Waals surface area contributed by atoms with Crippen LogP contribution in [0.15, 0.2) is 18.2 Å². The fourth-order valence-electron chi connectivity index (χ4n) is 2.47. The molecule has 3 unspecified atom stereocenters. The first-order valence-corrected chi connectivity index (χ1v) is 6.05. The molecule has 6 heteroatoms. The lowest BCUT2D eigenvalue weighted by molar-refractivity contribution is -0.141. The number of nitrogens with two attached hydrogens (primary N) is 1. The van der Waals surface area contributed by atoms with Crippen molar-refractivity contribution in [3.63, 3.8) is 0 Å². The lowest BCUT2D eigenvalue weighted by atomic mass is 10.1. The van der Waals surface area contributed by atoms with Gasteiger partial charge in [0.1, 0.15) is 0 Å². The van der Waals surface area contributed by atoms with Crippen LogP contribution in [0.4, 0.5) is 8.78 Å². The van der Waals surface area contributed by atoms with Gasteiger partial charge in [0, 0.05) is 12.6 Å². The van der Waals surface area contributed by atoms with Crippen molar-refractivity contribution in [2.24, 2.45) is 17.6 Å². The summed E-state index contributed by atoms with van der Waals surface area (Å²) < 4.78 is 25.9. The van der Waals surface area contributed by atoms with E-state index in [-0.39, 0.29) is 30.2 Å². The van der Waals surface area contributed by atoms with Crippen LogP contribution in [0.1, 0.15) is 18.0 Å². The monoisotopic (exact) mass is 266 g/mol. The van der Waals surface area contributed by atoms with Crippen molar-refractivity contribution < 1.29 is 18.4 Å². The van der Waals surface area contributed by atoms with Gasteiger partial charge in [-0.3, -0.25) is 14.5 Å². The third-order valence-electron chi connectivity index (χ3n) is 3.71. The summed E-state index contributed by atoms with van der Waals surface area (Å²) in [6.07, 6.45) is 0.634. The van der Waals surface area contributed by atoms with Crippen LogP contribution in [0.2, 0.25) is 0 Å². The minimum atomic E-state index is -0.991. The van der Waals surface area contributed by atoms with Crippen molar-refractivity contribution in [2.75, 3.05) is 6.54 Å². The van der Waals surface area contributed by atoms with Crippen LogP contribution in [-0.2, 0) is 9.59 Å². The van der Waals surface area contributed by atoms with Crippen LogP contribution in [0.3, 0.4) is 0 Å². The van der Waals surface area contributed by atoms with Gasteiger partial charge in [0.2, 0.25) is 11.8 Å². The van der Waals surface area contributed by atoms with Gasteiger partial charge in [-0.15, -0.1) is 0 Å². The van der Waals surface area contributed by atoms with Crippen LogP contribution in [0.5, 0.6) is 0 Å². The molecule has 0 radical (unpaired) electrons. The van der Waals surface area contributed by atoms with Crippen LogP contribution in [-0.4, -0.2) is 23.3 Å². The Morgan fingerprint density at radius 2 is 1.84 bits per heavy atom. The number of hydrogen-bond acceptors (Lipinski definition) is 3. The highest BCUT2D eigenvalue weighted by Crippen LogP contribution is 2.47. The molecular weight excluding hydrogens is 254 g/mol. The number of hydrogen-bond donors (Lipinski definition) is 1. The van der Waals surface area contributed by atoms with E-state index in [1.165, 1.54) is 6.07 Å². The second kappa shape index (κ2) is 4.09. The van der Waals surface area contributed by atoms with E-state index in [1.54, 1.807) is 0 Å². The standard InChI is InChI=1S/C13H12F2N2O2/c14-9-2-1-6(3-10(9)15)11(16)5-17-12(18)7-4-8(7)13(17)19/h1-3,7-8,11H,4-5,16H2. The van der Waals surface area contributed by atoms with E-state index < -0.39 is 17.7 Å². The average Bonchev–Trinajstić information content (AvgIpc) is 3.13. The van der Waals surface area contributed by atoms with E-state index in [1.807, 2.05) is 0 Å². The number of fused-ring (bicyclic) bond motifs is 1. The third kappa shape index (κ3) is 1.92. The molecule has 0 spiro atoms. The summed E-state index contributed by atoms with van der Waals surface area (Å²) in [6.45, 7) is 0.00966. The maximum Gasteiger partial charge on any atom is 0.233 e. The van der Waals surface area contributed by atoms with Gasteiger partial charge in [-0.25, -0.2) is 8.78 Å². The number of halogens is 2. The summed E-state index contributed by atoms with van der Waals surface area (Å²) in [4.78, 5) is 24.7. The predicted molar refractivity (Wildman–Crippen MR) is 61.6 cm³/mol. The molecule has 19 heavy (non-hydrogen) atoms. The minimum Gasteiger partial charge on any atom is -0.322 e. The Kier molecular flexibility index (Phi) is 2.63. The van der Waals surface area contributed by atoms with Crippen molar-refractivity contribution in [1.82, 2.24) is 4.90 Å². The molecule has 3 rings (SSSR count). The van der Waals surface area contributed by atoms with Gasteiger partial charge in [-0.05, 0) is 24.1 Å². The second-order valence-corrected chi connectivity index (χ2v) is 5.02. The number of piperidine rings is 1. The quantitative estimate of drug-likeness (QED) is 0.829. The second-order valence-electron chi connectivity index (χ2n) is 5.02. The van der Waals surface area contributed by atoms with Gasteiger partial charge in [0.15, 0.2) is 11.6 Å². The zero-order valence-corrected chi connectivity index (χ0v) is 9.98. The Hall–Kier alpha value is -1.82. The van der Waals surface area contributed by atoms with Gasteiger partial charge in [0.25, 0.3) is 0 Å². The van der Waals surface area contributed by atoms with Gasteiger partial charge >= 0.3 is 0 Å². The van der Waals surface area contributed by atoms with Crippen molar-refractivity contribution in [3.05, 3.63) is 35.4 Å². The average molecular weight is 266 g/mol. The van der Waals surface area contributed by atoms with Crippen molar-refractivity contribution in [1.29, 1.82) is 0 Å². The van der Waals surface area contributed by atoms with Crippen LogP contribution < -0.4 is 5.73 Å². The van der Waals surface area contributed by atoms with Gasteiger partial charge in [0.05, 0.1) is 11.8 Å². The van der Waals surface area contributed by atoms with E-state index in [2.05, 4.69) is 0 Å². The normalized spacial score (nSPS) is 26.6. The largest absolute Gasteiger partial charge is 0.322 e. The Bertz CT molecular complexity index is 556. The molecule has 100 valence electrons. The number of carbonyl (C=O) groups excluding carboxylic acids is 2. The van der Waals surface area contributed by atoms with E-state index in [0.717, 1.165) is 17.0 Å². The van der Waals surface area contributed by atoms with Crippen LogP contribution in [0, 0.1) is 23.5 Å². The highest BCUT2D eigenvalue weighted by molar-refractivity contribution is 6.08. The molecule has 1 aromatic rings. The number of rotatable bonds is 3. The molecule has 2 fully saturated rings. The van der Waals surface area contributed by atoms with Gasteiger partial charge in [-0.1, -0.05) is 6.07 Å². The molecule has 4 nitrogen and oxygen atoms in total. The molecule has 1 saturated heterocycles. The summed E-state index contributed by atoms with van der Waals surface area (Å²) >= 11 is 0. The molecular formula is C13H12F2N2O2. The lowest BCUT2D eigenvalue weighted by Crippen LogP contribution is -2.38. The van der Waals surface area contributed by atoms with Gasteiger partial charge < -0.3 is 5.73 Å². The van der Waals surface area contributed by atoms with Crippen molar-refractivity contribution >= 4 is 11.8 Å². The maximum absolute atomic E-state index is 13.1. The highest BCUT2D eigenvalue weighted by atomic mass is 19.2. The lowest BCUT2D eigenvalue weighted by Gasteiger charge is -2.21. The smallest absolute Gasteiger partial charge is 0.233 e. The summed E-state index contributed by atoms with van der Waals surface area (Å²) in [7, 11) is 0. The molecule has 1 saturated carbocycles. The zero-order valence-electron chi connectivity index (χ0n) is 9.98. The SMILES string of the molecule is NC(CN1C(=O)C2CC2C1=O)c1ccc(F)c(F)c1. The third-order valence-corrected chi connectivity index (χ3v) is 3.71. The van der Waals surface area contributed by atoms with E-state index >= 15 is 0 Å².